The lowest BCUT2D eigenvalue weighted by Crippen LogP contribution is -2.06. The Balaban J connectivity index is 1.91. The standard InChI is InChI=1S/C11H12BrNO5/c12-7-1-2-8(13(15)16)10(5-7)17-4-3-9-11(6-14)18-9/h1-2,5,9,11,14H,3-4,6H2/t9-,11+/m1/s1. The van der Waals surface area contributed by atoms with Gasteiger partial charge in [-0.2, -0.15) is 0 Å². The number of aliphatic hydroxyl groups excluding tert-OH is 1. The van der Waals surface area contributed by atoms with Gasteiger partial charge in [0.1, 0.15) is 6.10 Å². The van der Waals surface area contributed by atoms with Gasteiger partial charge in [0.15, 0.2) is 5.75 Å². The Bertz CT molecular complexity index is 453. The summed E-state index contributed by atoms with van der Waals surface area (Å²) in [5.41, 5.74) is -0.0615. The fraction of sp³-hybridized carbons (Fsp3) is 0.455. The van der Waals surface area contributed by atoms with E-state index in [9.17, 15) is 10.1 Å². The van der Waals surface area contributed by atoms with E-state index in [-0.39, 0.29) is 30.3 Å². The van der Waals surface area contributed by atoms with E-state index in [1.54, 1.807) is 12.1 Å². The highest BCUT2D eigenvalue weighted by molar-refractivity contribution is 9.10. The van der Waals surface area contributed by atoms with Crippen molar-refractivity contribution in [2.45, 2.75) is 18.6 Å². The molecule has 0 saturated carbocycles. The van der Waals surface area contributed by atoms with Crippen LogP contribution in [0.2, 0.25) is 0 Å². The summed E-state index contributed by atoms with van der Waals surface area (Å²) in [5, 5.41) is 19.6. The molecule has 2 atom stereocenters. The number of ether oxygens (including phenoxy) is 2. The third-order valence-corrected chi connectivity index (χ3v) is 3.14. The second kappa shape index (κ2) is 5.64. The average molecular weight is 318 g/mol. The Hall–Kier alpha value is -1.18. The van der Waals surface area contributed by atoms with E-state index in [0.717, 1.165) is 4.47 Å². The Morgan fingerprint density at radius 2 is 2.28 bits per heavy atom. The van der Waals surface area contributed by atoms with Crippen LogP contribution in [0, 0.1) is 10.1 Å². The highest BCUT2D eigenvalue weighted by Gasteiger charge is 2.37. The minimum atomic E-state index is -0.480. The molecular formula is C11H12BrNO5. The van der Waals surface area contributed by atoms with Gasteiger partial charge in [0.05, 0.1) is 24.2 Å². The second-order valence-electron chi connectivity index (χ2n) is 3.90. The summed E-state index contributed by atoms with van der Waals surface area (Å²) in [6.07, 6.45) is 0.502. The molecule has 1 aromatic carbocycles. The number of hydrogen-bond acceptors (Lipinski definition) is 5. The van der Waals surface area contributed by atoms with Crippen molar-refractivity contribution in [2.75, 3.05) is 13.2 Å². The van der Waals surface area contributed by atoms with E-state index < -0.39 is 4.92 Å². The fourth-order valence-corrected chi connectivity index (χ4v) is 1.97. The predicted octanol–water partition coefficient (Wildman–Crippen LogP) is 1.89. The van der Waals surface area contributed by atoms with Gasteiger partial charge in [-0.3, -0.25) is 10.1 Å². The van der Waals surface area contributed by atoms with E-state index >= 15 is 0 Å². The van der Waals surface area contributed by atoms with Crippen LogP contribution in [0.5, 0.6) is 5.75 Å². The normalized spacial score (nSPS) is 21.7. The van der Waals surface area contributed by atoms with E-state index in [2.05, 4.69) is 15.9 Å². The predicted molar refractivity (Wildman–Crippen MR) is 66.7 cm³/mol. The van der Waals surface area contributed by atoms with E-state index in [4.69, 9.17) is 14.6 Å². The molecule has 18 heavy (non-hydrogen) atoms. The Morgan fingerprint density at radius 1 is 1.50 bits per heavy atom. The number of epoxide rings is 1. The van der Waals surface area contributed by atoms with Crippen LogP contribution in [0.4, 0.5) is 5.69 Å². The molecular weight excluding hydrogens is 306 g/mol. The fourth-order valence-electron chi connectivity index (χ4n) is 1.63. The number of aliphatic hydroxyl groups is 1. The quantitative estimate of drug-likeness (QED) is 0.492. The minimum Gasteiger partial charge on any atom is -0.487 e. The van der Waals surface area contributed by atoms with Gasteiger partial charge >= 0.3 is 5.69 Å². The van der Waals surface area contributed by atoms with Crippen molar-refractivity contribution in [1.82, 2.24) is 0 Å². The third kappa shape index (κ3) is 3.18. The van der Waals surface area contributed by atoms with Crippen LogP contribution in [0.15, 0.2) is 22.7 Å². The largest absolute Gasteiger partial charge is 0.487 e. The topological polar surface area (TPSA) is 85.1 Å². The van der Waals surface area contributed by atoms with E-state index in [1.165, 1.54) is 6.07 Å². The van der Waals surface area contributed by atoms with Gasteiger partial charge in [-0.05, 0) is 6.07 Å². The molecule has 1 saturated heterocycles. The van der Waals surface area contributed by atoms with Gasteiger partial charge in [0, 0.05) is 23.0 Å². The van der Waals surface area contributed by atoms with Gasteiger partial charge in [-0.1, -0.05) is 15.9 Å². The molecule has 0 unspecified atom stereocenters. The van der Waals surface area contributed by atoms with Crippen LogP contribution in [0.1, 0.15) is 6.42 Å². The number of nitro benzene ring substituents is 1. The summed E-state index contributed by atoms with van der Waals surface area (Å²) in [6, 6.07) is 4.55. The molecule has 0 radical (unpaired) electrons. The lowest BCUT2D eigenvalue weighted by Gasteiger charge is -2.06. The molecule has 0 amide bonds. The summed E-state index contributed by atoms with van der Waals surface area (Å²) in [7, 11) is 0. The lowest BCUT2D eigenvalue weighted by molar-refractivity contribution is -0.385. The first-order valence-corrected chi connectivity index (χ1v) is 6.24. The molecule has 0 aliphatic carbocycles. The van der Waals surface area contributed by atoms with Crippen molar-refractivity contribution >= 4 is 21.6 Å². The van der Waals surface area contributed by atoms with Crippen molar-refractivity contribution in [1.29, 1.82) is 0 Å². The number of nitrogens with zero attached hydrogens (tertiary/aromatic N) is 1. The molecule has 1 fully saturated rings. The van der Waals surface area contributed by atoms with Crippen LogP contribution < -0.4 is 4.74 Å². The maximum Gasteiger partial charge on any atom is 0.310 e. The average Bonchev–Trinajstić information content (AvgIpc) is 3.07. The molecule has 1 N–H and O–H groups in total. The molecule has 2 rings (SSSR count). The third-order valence-electron chi connectivity index (χ3n) is 2.65. The highest BCUT2D eigenvalue weighted by atomic mass is 79.9. The zero-order chi connectivity index (χ0) is 13.1. The smallest absolute Gasteiger partial charge is 0.310 e. The zero-order valence-electron chi connectivity index (χ0n) is 9.41. The Kier molecular flexibility index (Phi) is 4.15. The van der Waals surface area contributed by atoms with Crippen LogP contribution in [-0.4, -0.2) is 35.5 Å². The maximum absolute atomic E-state index is 10.8. The Morgan fingerprint density at radius 3 is 2.89 bits per heavy atom. The molecule has 98 valence electrons. The van der Waals surface area contributed by atoms with Gasteiger partial charge < -0.3 is 14.6 Å². The van der Waals surface area contributed by atoms with Gasteiger partial charge in [0.2, 0.25) is 0 Å². The van der Waals surface area contributed by atoms with Crippen LogP contribution in [0.3, 0.4) is 0 Å². The van der Waals surface area contributed by atoms with Gasteiger partial charge in [-0.25, -0.2) is 0 Å². The summed E-state index contributed by atoms with van der Waals surface area (Å²) in [6.45, 7) is 0.320. The summed E-state index contributed by atoms with van der Waals surface area (Å²) in [4.78, 5) is 10.3. The first-order valence-electron chi connectivity index (χ1n) is 5.45. The lowest BCUT2D eigenvalue weighted by atomic mass is 10.2. The van der Waals surface area contributed by atoms with Crippen molar-refractivity contribution in [3.8, 4) is 5.75 Å². The number of hydrogen-bond donors (Lipinski definition) is 1. The number of nitro groups is 1. The molecule has 1 aliphatic heterocycles. The minimum absolute atomic E-state index is 0.00112. The highest BCUT2D eigenvalue weighted by Crippen LogP contribution is 2.31. The summed E-state index contributed by atoms with van der Waals surface area (Å²) < 4.78 is 11.2. The van der Waals surface area contributed by atoms with E-state index in [1.807, 2.05) is 0 Å². The summed E-state index contributed by atoms with van der Waals surface area (Å²) in [5.74, 6) is 0.232. The van der Waals surface area contributed by atoms with Crippen molar-refractivity contribution < 1.29 is 19.5 Å². The first kappa shape index (κ1) is 13.3. The monoisotopic (exact) mass is 317 g/mol. The molecule has 0 bridgehead atoms. The summed E-state index contributed by atoms with van der Waals surface area (Å²) >= 11 is 3.24. The van der Waals surface area contributed by atoms with Crippen LogP contribution >= 0.6 is 15.9 Å². The molecule has 7 heteroatoms. The van der Waals surface area contributed by atoms with E-state index in [0.29, 0.717) is 13.0 Å². The van der Waals surface area contributed by atoms with Gasteiger partial charge in [0.25, 0.3) is 0 Å². The van der Waals surface area contributed by atoms with Crippen molar-refractivity contribution in [2.24, 2.45) is 0 Å². The molecule has 0 aromatic heterocycles. The molecule has 0 spiro atoms. The molecule has 1 aromatic rings. The van der Waals surface area contributed by atoms with Crippen LogP contribution in [0.25, 0.3) is 0 Å². The van der Waals surface area contributed by atoms with Crippen LogP contribution in [-0.2, 0) is 4.74 Å². The maximum atomic E-state index is 10.8. The Labute approximate surface area is 112 Å². The number of benzene rings is 1. The SMILES string of the molecule is O=[N+]([O-])c1ccc(Br)cc1OCC[C@H]1O[C@H]1CO. The zero-order valence-corrected chi connectivity index (χ0v) is 11.0. The van der Waals surface area contributed by atoms with Crippen molar-refractivity contribution in [3.63, 3.8) is 0 Å². The second-order valence-corrected chi connectivity index (χ2v) is 4.82. The number of halogens is 1. The van der Waals surface area contributed by atoms with Crippen molar-refractivity contribution in [3.05, 3.63) is 32.8 Å². The van der Waals surface area contributed by atoms with Gasteiger partial charge in [-0.15, -0.1) is 0 Å². The first-order chi connectivity index (χ1) is 8.61. The molecule has 1 heterocycles. The molecule has 1 aliphatic rings. The molecule has 6 nitrogen and oxygen atoms in total. The number of rotatable bonds is 6.